The predicted octanol–water partition coefficient (Wildman–Crippen LogP) is 0.811. The maximum absolute atomic E-state index is 12.5. The Balaban J connectivity index is 1.52. The van der Waals surface area contributed by atoms with Gasteiger partial charge in [0.15, 0.2) is 0 Å². The van der Waals surface area contributed by atoms with Crippen LogP contribution in [0.5, 0.6) is 0 Å². The summed E-state index contributed by atoms with van der Waals surface area (Å²) in [7, 11) is -3.48. The van der Waals surface area contributed by atoms with E-state index in [0.717, 1.165) is 13.1 Å². The number of carbonyl (C=O) groups is 1. The minimum atomic E-state index is -3.48. The molecule has 0 radical (unpaired) electrons. The summed E-state index contributed by atoms with van der Waals surface area (Å²) in [5, 5.41) is 3.20. The Bertz CT molecular complexity index is 666. The van der Waals surface area contributed by atoms with Gasteiger partial charge in [0.2, 0.25) is 15.9 Å². The number of rotatable bonds is 5. The Morgan fingerprint density at radius 2 is 1.83 bits per heavy atom. The lowest BCUT2D eigenvalue weighted by Crippen LogP contribution is -2.53. The standard InChI is InChI=1S/C17H25N3O3S/c1-13(14-11-18-12-14)17(21)20-9-7-15(8-10-20)19-24(22,23)16-5-3-2-4-6-16/h2-6,13-15,18-19H,7-12H2,1H3. The number of benzene rings is 1. The molecule has 2 aliphatic heterocycles. The number of sulfonamides is 1. The molecule has 1 atom stereocenters. The fraction of sp³-hybridized carbons (Fsp3) is 0.588. The molecular weight excluding hydrogens is 326 g/mol. The molecule has 1 aromatic carbocycles. The van der Waals surface area contributed by atoms with E-state index in [4.69, 9.17) is 0 Å². The van der Waals surface area contributed by atoms with Crippen LogP contribution < -0.4 is 10.0 Å². The van der Waals surface area contributed by atoms with Crippen LogP contribution in [0.3, 0.4) is 0 Å². The molecule has 0 spiro atoms. The van der Waals surface area contributed by atoms with E-state index in [-0.39, 0.29) is 22.8 Å². The van der Waals surface area contributed by atoms with Crippen molar-refractivity contribution in [2.24, 2.45) is 11.8 Å². The Hall–Kier alpha value is -1.44. The second kappa shape index (κ2) is 7.21. The average Bonchev–Trinajstić information content (AvgIpc) is 2.54. The molecule has 2 fully saturated rings. The number of nitrogens with zero attached hydrogens (tertiary/aromatic N) is 1. The fourth-order valence-electron chi connectivity index (χ4n) is 3.26. The number of hydrogen-bond acceptors (Lipinski definition) is 4. The Morgan fingerprint density at radius 3 is 2.38 bits per heavy atom. The van der Waals surface area contributed by atoms with Crippen LogP contribution in [0.1, 0.15) is 19.8 Å². The second-order valence-electron chi connectivity index (χ2n) is 6.74. The van der Waals surface area contributed by atoms with Gasteiger partial charge in [-0.05, 0) is 44.0 Å². The first-order chi connectivity index (χ1) is 11.5. The maximum Gasteiger partial charge on any atom is 0.240 e. The zero-order chi connectivity index (χ0) is 17.2. The van der Waals surface area contributed by atoms with Crippen molar-refractivity contribution in [1.29, 1.82) is 0 Å². The van der Waals surface area contributed by atoms with Crippen LogP contribution in [-0.2, 0) is 14.8 Å². The summed E-state index contributed by atoms with van der Waals surface area (Å²) >= 11 is 0. The van der Waals surface area contributed by atoms with Gasteiger partial charge in [0.25, 0.3) is 0 Å². The van der Waals surface area contributed by atoms with Gasteiger partial charge in [-0.15, -0.1) is 0 Å². The van der Waals surface area contributed by atoms with Crippen molar-refractivity contribution in [2.75, 3.05) is 26.2 Å². The molecule has 24 heavy (non-hydrogen) atoms. The van der Waals surface area contributed by atoms with Gasteiger partial charge in [0.05, 0.1) is 4.90 Å². The quantitative estimate of drug-likeness (QED) is 0.823. The fourth-order valence-corrected chi connectivity index (χ4v) is 4.59. The van der Waals surface area contributed by atoms with Gasteiger partial charge < -0.3 is 10.2 Å². The number of piperidine rings is 1. The molecule has 2 saturated heterocycles. The zero-order valence-electron chi connectivity index (χ0n) is 13.9. The first kappa shape index (κ1) is 17.4. The summed E-state index contributed by atoms with van der Waals surface area (Å²) in [4.78, 5) is 14.7. The number of nitrogens with one attached hydrogen (secondary N) is 2. The number of likely N-dealkylation sites (tertiary alicyclic amines) is 1. The van der Waals surface area contributed by atoms with Crippen molar-refractivity contribution >= 4 is 15.9 Å². The molecule has 1 unspecified atom stereocenters. The lowest BCUT2D eigenvalue weighted by Gasteiger charge is -2.38. The third kappa shape index (κ3) is 3.79. The van der Waals surface area contributed by atoms with Crippen molar-refractivity contribution < 1.29 is 13.2 Å². The van der Waals surface area contributed by atoms with Crippen LogP contribution in [0.2, 0.25) is 0 Å². The molecule has 1 aromatic rings. The molecular formula is C17H25N3O3S. The summed E-state index contributed by atoms with van der Waals surface area (Å²) < 4.78 is 27.5. The van der Waals surface area contributed by atoms with Crippen molar-refractivity contribution in [3.8, 4) is 0 Å². The van der Waals surface area contributed by atoms with E-state index in [2.05, 4.69) is 10.0 Å². The molecule has 2 N–H and O–H groups in total. The van der Waals surface area contributed by atoms with Crippen LogP contribution >= 0.6 is 0 Å². The summed E-state index contributed by atoms with van der Waals surface area (Å²) in [6, 6.07) is 8.30. The van der Waals surface area contributed by atoms with E-state index in [1.54, 1.807) is 30.3 Å². The van der Waals surface area contributed by atoms with E-state index in [9.17, 15) is 13.2 Å². The summed E-state index contributed by atoms with van der Waals surface area (Å²) in [5.41, 5.74) is 0. The van der Waals surface area contributed by atoms with E-state index in [0.29, 0.717) is 31.8 Å². The molecule has 3 rings (SSSR count). The smallest absolute Gasteiger partial charge is 0.240 e. The van der Waals surface area contributed by atoms with Gasteiger partial charge in [0, 0.05) is 25.0 Å². The summed E-state index contributed by atoms with van der Waals surface area (Å²) in [5.74, 6) is 0.682. The lowest BCUT2D eigenvalue weighted by molar-refractivity contribution is -0.138. The Kier molecular flexibility index (Phi) is 5.22. The van der Waals surface area contributed by atoms with Crippen LogP contribution in [0.4, 0.5) is 0 Å². The summed E-state index contributed by atoms with van der Waals surface area (Å²) in [6.45, 7) is 5.06. The van der Waals surface area contributed by atoms with E-state index >= 15 is 0 Å². The number of hydrogen-bond donors (Lipinski definition) is 2. The highest BCUT2D eigenvalue weighted by atomic mass is 32.2. The predicted molar refractivity (Wildman–Crippen MR) is 91.9 cm³/mol. The Labute approximate surface area is 143 Å². The van der Waals surface area contributed by atoms with E-state index in [1.165, 1.54) is 0 Å². The molecule has 7 heteroatoms. The van der Waals surface area contributed by atoms with Crippen LogP contribution in [-0.4, -0.2) is 51.4 Å². The Morgan fingerprint density at radius 1 is 1.21 bits per heavy atom. The highest BCUT2D eigenvalue weighted by Crippen LogP contribution is 2.21. The van der Waals surface area contributed by atoms with Gasteiger partial charge in [0.1, 0.15) is 0 Å². The minimum absolute atomic E-state index is 0.0452. The maximum atomic E-state index is 12.5. The zero-order valence-corrected chi connectivity index (χ0v) is 14.8. The van der Waals surface area contributed by atoms with E-state index < -0.39 is 10.0 Å². The van der Waals surface area contributed by atoms with Gasteiger partial charge in [-0.3, -0.25) is 4.79 Å². The largest absolute Gasteiger partial charge is 0.342 e. The minimum Gasteiger partial charge on any atom is -0.342 e. The third-order valence-electron chi connectivity index (χ3n) is 5.09. The van der Waals surface area contributed by atoms with Crippen LogP contribution in [0.15, 0.2) is 35.2 Å². The van der Waals surface area contributed by atoms with Crippen molar-refractivity contribution in [1.82, 2.24) is 14.9 Å². The topological polar surface area (TPSA) is 78.5 Å². The highest BCUT2D eigenvalue weighted by Gasteiger charge is 2.33. The normalized spacial score (nSPS) is 21.3. The summed E-state index contributed by atoms with van der Waals surface area (Å²) in [6.07, 6.45) is 1.32. The third-order valence-corrected chi connectivity index (χ3v) is 6.63. The van der Waals surface area contributed by atoms with Crippen LogP contribution in [0.25, 0.3) is 0 Å². The molecule has 2 heterocycles. The van der Waals surface area contributed by atoms with Gasteiger partial charge in [-0.25, -0.2) is 13.1 Å². The van der Waals surface area contributed by atoms with Crippen molar-refractivity contribution in [2.45, 2.75) is 30.7 Å². The lowest BCUT2D eigenvalue weighted by atomic mass is 9.87. The number of carbonyl (C=O) groups excluding carboxylic acids is 1. The highest BCUT2D eigenvalue weighted by molar-refractivity contribution is 7.89. The molecule has 6 nitrogen and oxygen atoms in total. The van der Waals surface area contributed by atoms with Gasteiger partial charge in [-0.1, -0.05) is 25.1 Å². The molecule has 0 aromatic heterocycles. The molecule has 0 bridgehead atoms. The molecule has 1 amide bonds. The van der Waals surface area contributed by atoms with Crippen molar-refractivity contribution in [3.05, 3.63) is 30.3 Å². The molecule has 2 aliphatic rings. The first-order valence-corrected chi connectivity index (χ1v) is 10.0. The average molecular weight is 351 g/mol. The molecule has 0 aliphatic carbocycles. The van der Waals surface area contributed by atoms with Gasteiger partial charge in [-0.2, -0.15) is 0 Å². The molecule has 132 valence electrons. The first-order valence-electron chi connectivity index (χ1n) is 8.54. The molecule has 0 saturated carbocycles. The number of amides is 1. The monoisotopic (exact) mass is 351 g/mol. The van der Waals surface area contributed by atoms with Gasteiger partial charge >= 0.3 is 0 Å². The van der Waals surface area contributed by atoms with Crippen LogP contribution in [0, 0.1) is 11.8 Å². The second-order valence-corrected chi connectivity index (χ2v) is 8.45. The van der Waals surface area contributed by atoms with E-state index in [1.807, 2.05) is 11.8 Å². The SMILES string of the molecule is CC(C(=O)N1CCC(NS(=O)(=O)c2ccccc2)CC1)C1CNC1. The van der Waals surface area contributed by atoms with Crippen molar-refractivity contribution in [3.63, 3.8) is 0 Å².